The number of carbonyl (C=O) groups excluding carboxylic acids is 1. The summed E-state index contributed by atoms with van der Waals surface area (Å²) in [6.07, 6.45) is 12.6. The summed E-state index contributed by atoms with van der Waals surface area (Å²) in [5, 5.41) is 11.3. The highest BCUT2D eigenvalue weighted by molar-refractivity contribution is 6.30. The van der Waals surface area contributed by atoms with Crippen molar-refractivity contribution in [3.63, 3.8) is 0 Å². The maximum absolute atomic E-state index is 11.8. The molecular weight excluding hydrogens is 308 g/mol. The van der Waals surface area contributed by atoms with Gasteiger partial charge in [-0.15, -0.1) is 0 Å². The minimum absolute atomic E-state index is 0.116. The molecule has 0 spiro atoms. The molecule has 23 heavy (non-hydrogen) atoms. The summed E-state index contributed by atoms with van der Waals surface area (Å²) >= 11 is 6.25. The van der Waals surface area contributed by atoms with Crippen molar-refractivity contribution >= 4 is 17.4 Å². The molecule has 3 heteroatoms. The number of hydrogen-bond donors (Lipinski definition) is 1. The molecule has 4 rings (SSSR count). The topological polar surface area (TPSA) is 37.3 Å². The molecule has 1 unspecified atom stereocenters. The van der Waals surface area contributed by atoms with Crippen LogP contribution in [-0.2, 0) is 4.79 Å². The minimum atomic E-state index is -0.532. The molecule has 2 nitrogen and oxygen atoms in total. The predicted octanol–water partition coefficient (Wildman–Crippen LogP) is 4.39. The first-order valence-corrected chi connectivity index (χ1v) is 9.21. The summed E-state index contributed by atoms with van der Waals surface area (Å²) in [7, 11) is 0. The summed E-state index contributed by atoms with van der Waals surface area (Å²) in [5.41, 5.74) is 1.22. The van der Waals surface area contributed by atoms with E-state index in [9.17, 15) is 9.90 Å². The van der Waals surface area contributed by atoms with Gasteiger partial charge in [0.25, 0.3) is 0 Å². The molecule has 0 aromatic carbocycles. The summed E-state index contributed by atoms with van der Waals surface area (Å²) in [6.45, 7) is 4.55. The van der Waals surface area contributed by atoms with Crippen molar-refractivity contribution in [2.75, 3.05) is 0 Å². The Bertz CT molecular complexity index is 646. The molecule has 0 amide bonds. The Morgan fingerprint density at radius 1 is 1.26 bits per heavy atom. The molecule has 0 saturated heterocycles. The third kappa shape index (κ3) is 2.07. The van der Waals surface area contributed by atoms with Crippen LogP contribution in [0.2, 0.25) is 0 Å². The SMILES string of the molecule is C[C@]12CCC(=O)C=C1C=C[C@@H]1[C@@H]2CC[C@]2(C)C(O)C(Cl)=CC[C@@H]12. The van der Waals surface area contributed by atoms with Gasteiger partial charge in [-0.1, -0.05) is 43.7 Å². The Morgan fingerprint density at radius 3 is 2.83 bits per heavy atom. The third-order valence-corrected chi connectivity index (χ3v) is 7.77. The van der Waals surface area contributed by atoms with Crippen LogP contribution in [0.25, 0.3) is 0 Å². The lowest BCUT2D eigenvalue weighted by molar-refractivity contribution is -0.117. The van der Waals surface area contributed by atoms with E-state index in [1.165, 1.54) is 5.57 Å². The van der Waals surface area contributed by atoms with Crippen molar-refractivity contribution in [1.29, 1.82) is 0 Å². The Labute approximate surface area is 143 Å². The number of fused-ring (bicyclic) bond motifs is 5. The van der Waals surface area contributed by atoms with Crippen LogP contribution in [0.5, 0.6) is 0 Å². The van der Waals surface area contributed by atoms with Crippen molar-refractivity contribution in [1.82, 2.24) is 0 Å². The first-order chi connectivity index (χ1) is 10.9. The van der Waals surface area contributed by atoms with Crippen molar-refractivity contribution in [2.24, 2.45) is 28.6 Å². The van der Waals surface area contributed by atoms with Gasteiger partial charge >= 0.3 is 0 Å². The van der Waals surface area contributed by atoms with Gasteiger partial charge in [0.15, 0.2) is 5.78 Å². The fourth-order valence-corrected chi connectivity index (χ4v) is 6.14. The monoisotopic (exact) mass is 332 g/mol. The Balaban J connectivity index is 1.76. The summed E-state index contributed by atoms with van der Waals surface area (Å²) < 4.78 is 0. The zero-order valence-corrected chi connectivity index (χ0v) is 14.6. The van der Waals surface area contributed by atoms with Gasteiger partial charge < -0.3 is 5.11 Å². The maximum Gasteiger partial charge on any atom is 0.156 e. The van der Waals surface area contributed by atoms with Crippen LogP contribution in [-0.4, -0.2) is 17.0 Å². The average Bonchev–Trinajstić information content (AvgIpc) is 2.52. The molecule has 0 bridgehead atoms. The third-order valence-electron chi connectivity index (χ3n) is 7.41. The van der Waals surface area contributed by atoms with Gasteiger partial charge in [0.1, 0.15) is 0 Å². The number of aliphatic hydroxyl groups is 1. The maximum atomic E-state index is 11.8. The van der Waals surface area contributed by atoms with Crippen molar-refractivity contribution < 1.29 is 9.90 Å². The number of hydrogen-bond acceptors (Lipinski definition) is 2. The molecule has 0 radical (unpaired) electrons. The number of carbonyl (C=O) groups is 1. The standard InChI is InChI=1S/C20H25ClO2/c1-19-9-7-13(22)11-12(19)3-4-14-15-5-6-17(21)18(23)20(15,2)10-8-16(14)19/h3-4,6,11,14-16,18,23H,5,7-10H2,1-2H3/t14-,15-,16-,18?,19-,20-/m0/s1. The summed E-state index contributed by atoms with van der Waals surface area (Å²) in [5.74, 6) is 1.75. The Morgan fingerprint density at radius 2 is 2.04 bits per heavy atom. The molecule has 4 aliphatic carbocycles. The van der Waals surface area contributed by atoms with Gasteiger partial charge in [-0.2, -0.15) is 0 Å². The van der Waals surface area contributed by atoms with Crippen LogP contribution in [0.15, 0.2) is 34.9 Å². The summed E-state index contributed by atoms with van der Waals surface area (Å²) in [4.78, 5) is 11.8. The summed E-state index contributed by atoms with van der Waals surface area (Å²) in [6, 6.07) is 0. The molecule has 1 N–H and O–H groups in total. The molecule has 0 heterocycles. The Kier molecular flexibility index (Phi) is 3.45. The quantitative estimate of drug-likeness (QED) is 0.714. The number of allylic oxidation sites excluding steroid dienone is 5. The van der Waals surface area contributed by atoms with E-state index in [2.05, 4.69) is 26.0 Å². The van der Waals surface area contributed by atoms with E-state index in [0.717, 1.165) is 25.7 Å². The lowest BCUT2D eigenvalue weighted by Gasteiger charge is -2.58. The highest BCUT2D eigenvalue weighted by Crippen LogP contribution is 2.62. The number of halogens is 1. The van der Waals surface area contributed by atoms with E-state index >= 15 is 0 Å². The Hall–Kier alpha value is -0.860. The van der Waals surface area contributed by atoms with Gasteiger partial charge in [-0.25, -0.2) is 0 Å². The van der Waals surface area contributed by atoms with Crippen molar-refractivity contribution in [3.05, 3.63) is 34.9 Å². The van der Waals surface area contributed by atoms with Gasteiger partial charge in [0, 0.05) is 16.9 Å². The lowest BCUT2D eigenvalue weighted by Crippen LogP contribution is -2.54. The van der Waals surface area contributed by atoms with E-state index in [1.54, 1.807) is 0 Å². The first-order valence-electron chi connectivity index (χ1n) is 8.83. The van der Waals surface area contributed by atoms with Gasteiger partial charge in [-0.3, -0.25) is 4.79 Å². The lowest BCUT2D eigenvalue weighted by atomic mass is 9.46. The zero-order valence-electron chi connectivity index (χ0n) is 13.9. The van der Waals surface area contributed by atoms with Crippen molar-refractivity contribution in [3.8, 4) is 0 Å². The molecule has 0 aliphatic heterocycles. The average molecular weight is 333 g/mol. The van der Waals surface area contributed by atoms with E-state index < -0.39 is 6.10 Å². The van der Waals surface area contributed by atoms with Crippen LogP contribution in [0.1, 0.15) is 46.0 Å². The van der Waals surface area contributed by atoms with Crippen molar-refractivity contribution in [2.45, 2.75) is 52.1 Å². The predicted molar refractivity (Wildman–Crippen MR) is 91.9 cm³/mol. The molecule has 0 aromatic heterocycles. The fourth-order valence-electron chi connectivity index (χ4n) is 5.80. The molecule has 4 aliphatic rings. The van der Waals surface area contributed by atoms with E-state index in [0.29, 0.717) is 29.2 Å². The number of rotatable bonds is 0. The largest absolute Gasteiger partial charge is 0.387 e. The normalized spacial score (nSPS) is 48.8. The highest BCUT2D eigenvalue weighted by Gasteiger charge is 2.56. The van der Waals surface area contributed by atoms with Crippen LogP contribution < -0.4 is 0 Å². The molecule has 124 valence electrons. The first kappa shape index (κ1) is 15.7. The highest BCUT2D eigenvalue weighted by atomic mass is 35.5. The zero-order chi connectivity index (χ0) is 16.4. The van der Waals surface area contributed by atoms with Crippen LogP contribution in [0, 0.1) is 28.6 Å². The molecular formula is C20H25ClO2. The van der Waals surface area contributed by atoms with E-state index in [1.807, 2.05) is 12.2 Å². The molecule has 0 aromatic rings. The molecule has 1 saturated carbocycles. The van der Waals surface area contributed by atoms with Crippen LogP contribution >= 0.6 is 11.6 Å². The second-order valence-corrected chi connectivity index (χ2v) is 8.84. The number of aliphatic hydroxyl groups excluding tert-OH is 1. The minimum Gasteiger partial charge on any atom is -0.387 e. The molecule has 6 atom stereocenters. The van der Waals surface area contributed by atoms with E-state index in [4.69, 9.17) is 11.6 Å². The smallest absolute Gasteiger partial charge is 0.156 e. The second-order valence-electron chi connectivity index (χ2n) is 8.40. The van der Waals surface area contributed by atoms with Crippen LogP contribution in [0.3, 0.4) is 0 Å². The van der Waals surface area contributed by atoms with E-state index in [-0.39, 0.29) is 16.6 Å². The molecule has 1 fully saturated rings. The van der Waals surface area contributed by atoms with Gasteiger partial charge in [0.05, 0.1) is 6.10 Å². The van der Waals surface area contributed by atoms with Gasteiger partial charge in [-0.05, 0) is 60.5 Å². The van der Waals surface area contributed by atoms with Gasteiger partial charge in [0.2, 0.25) is 0 Å². The number of ketones is 1. The second kappa shape index (κ2) is 5.07. The van der Waals surface area contributed by atoms with Crippen LogP contribution in [0.4, 0.5) is 0 Å². The fraction of sp³-hybridized carbons (Fsp3) is 0.650.